The quantitative estimate of drug-likeness (QED) is 0.0915. The molecule has 1 heterocycles. The van der Waals surface area contributed by atoms with Gasteiger partial charge in [0.15, 0.2) is 5.78 Å². The first-order valence-electron chi connectivity index (χ1n) is 23.3. The van der Waals surface area contributed by atoms with Crippen molar-refractivity contribution in [3.8, 4) is 0 Å². The van der Waals surface area contributed by atoms with E-state index in [1.165, 1.54) is 35.1 Å². The standard InChI is InChI=1S/C43H64N2O2.5C2H6/c1-12-19-31(8)41(22-15-4)47-37(17-6)25-26-40(30(7)16-5)45-42-27-33(10)38(21-14-3)36(29-44-42)28-39(34(11)46)43-32(9)23-18-24-35(43)20-13-2;5*1-2/h17-18,23-26,28-29,31,41H,12-16,19-22,27H2,1-11H3,(H,44,45);5*1-2H3/b26-25-,37-17+,39-28+,40-30+;;;;;/t31-,41?;;;;;/m1...../s1. The number of nitrogens with one attached hydrogen (secondary N) is 1. The van der Waals surface area contributed by atoms with Gasteiger partial charge in [0.2, 0.25) is 0 Å². The summed E-state index contributed by atoms with van der Waals surface area (Å²) in [6.07, 6.45) is 20.7. The molecule has 1 aromatic carbocycles. The van der Waals surface area contributed by atoms with Crippen molar-refractivity contribution in [2.24, 2.45) is 10.9 Å². The monoisotopic (exact) mass is 791 g/mol. The normalized spacial score (nSPS) is 14.1. The Balaban J connectivity index is -0.00000130. The van der Waals surface area contributed by atoms with E-state index >= 15 is 0 Å². The Morgan fingerprint density at radius 2 is 1.40 bits per heavy atom. The predicted molar refractivity (Wildman–Crippen MR) is 261 cm³/mol. The summed E-state index contributed by atoms with van der Waals surface area (Å²) in [6, 6.07) is 6.37. The first-order valence-corrected chi connectivity index (χ1v) is 23.3. The largest absolute Gasteiger partial charge is 0.491 e. The Hall–Kier alpha value is -3.40. The van der Waals surface area contributed by atoms with Crippen LogP contribution in [0.2, 0.25) is 0 Å². The molecule has 1 unspecified atom stereocenters. The summed E-state index contributed by atoms with van der Waals surface area (Å²) in [6.45, 7) is 43.6. The van der Waals surface area contributed by atoms with E-state index in [4.69, 9.17) is 9.73 Å². The Morgan fingerprint density at radius 1 is 0.825 bits per heavy atom. The minimum Gasteiger partial charge on any atom is -0.491 e. The number of nitrogens with zero attached hydrogens (tertiary/aromatic N) is 1. The summed E-state index contributed by atoms with van der Waals surface area (Å²) in [5.41, 5.74) is 10.1. The lowest BCUT2D eigenvalue weighted by atomic mass is 9.87. The second kappa shape index (κ2) is 39.4. The summed E-state index contributed by atoms with van der Waals surface area (Å²) in [5, 5.41) is 3.70. The van der Waals surface area contributed by atoms with Gasteiger partial charge in [0.25, 0.3) is 0 Å². The highest BCUT2D eigenvalue weighted by Gasteiger charge is 2.20. The van der Waals surface area contributed by atoms with Crippen LogP contribution in [0.1, 0.15) is 213 Å². The molecule has 0 aromatic heterocycles. The van der Waals surface area contributed by atoms with Gasteiger partial charge in [0, 0.05) is 23.9 Å². The van der Waals surface area contributed by atoms with E-state index in [-0.39, 0.29) is 11.9 Å². The average molecular weight is 791 g/mol. The van der Waals surface area contributed by atoms with E-state index in [2.05, 4.69) is 110 Å². The fraction of sp³-hybridized carbons (Fsp3) is 0.623. The van der Waals surface area contributed by atoms with Crippen molar-refractivity contribution < 1.29 is 9.53 Å². The summed E-state index contributed by atoms with van der Waals surface area (Å²) in [5.74, 6) is 2.41. The van der Waals surface area contributed by atoms with Gasteiger partial charge >= 0.3 is 0 Å². The molecule has 1 aromatic rings. The summed E-state index contributed by atoms with van der Waals surface area (Å²) < 4.78 is 6.57. The Kier molecular flexibility index (Phi) is 41.7. The van der Waals surface area contributed by atoms with E-state index in [0.29, 0.717) is 5.92 Å². The maximum Gasteiger partial charge on any atom is 0.160 e. The molecule has 328 valence electrons. The maximum atomic E-state index is 13.2. The third kappa shape index (κ3) is 23.0. The number of ether oxygens (including phenoxy) is 1. The molecule has 2 rings (SSSR count). The summed E-state index contributed by atoms with van der Waals surface area (Å²) in [7, 11) is 0. The average Bonchev–Trinajstić information content (AvgIpc) is 3.38. The number of amidine groups is 1. The van der Waals surface area contributed by atoms with Crippen molar-refractivity contribution in [2.75, 3.05) is 0 Å². The number of Topliss-reactive ketones (excluding diaryl/α,β-unsaturated/α-hetero) is 1. The molecule has 4 nitrogen and oxygen atoms in total. The van der Waals surface area contributed by atoms with Crippen LogP contribution in [0.3, 0.4) is 0 Å². The zero-order chi connectivity index (χ0) is 44.9. The lowest BCUT2D eigenvalue weighted by Crippen LogP contribution is -2.23. The molecule has 4 heteroatoms. The highest BCUT2D eigenvalue weighted by atomic mass is 16.5. The van der Waals surface area contributed by atoms with Crippen LogP contribution in [0.4, 0.5) is 0 Å². The smallest absolute Gasteiger partial charge is 0.160 e. The van der Waals surface area contributed by atoms with Crippen molar-refractivity contribution in [1.82, 2.24) is 5.32 Å². The van der Waals surface area contributed by atoms with Crippen LogP contribution in [0.25, 0.3) is 5.57 Å². The molecule has 0 saturated carbocycles. The van der Waals surface area contributed by atoms with Gasteiger partial charge in [0.05, 0.1) is 0 Å². The van der Waals surface area contributed by atoms with E-state index in [0.717, 1.165) is 90.9 Å². The van der Waals surface area contributed by atoms with Gasteiger partial charge in [-0.1, -0.05) is 166 Å². The second-order valence-corrected chi connectivity index (χ2v) is 13.2. The fourth-order valence-electron chi connectivity index (χ4n) is 6.35. The van der Waals surface area contributed by atoms with E-state index in [9.17, 15) is 4.79 Å². The summed E-state index contributed by atoms with van der Waals surface area (Å²) >= 11 is 0. The first kappa shape index (κ1) is 60.3. The predicted octanol–water partition coefficient (Wildman–Crippen LogP) is 17.2. The topological polar surface area (TPSA) is 50.7 Å². The first-order chi connectivity index (χ1) is 27.5. The van der Waals surface area contributed by atoms with Crippen molar-refractivity contribution in [2.45, 2.75) is 216 Å². The number of benzene rings is 1. The Bertz CT molecular complexity index is 1410. The minimum absolute atomic E-state index is 0.0822. The van der Waals surface area contributed by atoms with Crippen molar-refractivity contribution >= 4 is 17.2 Å². The number of ketones is 1. The molecule has 1 aliphatic heterocycles. The van der Waals surface area contributed by atoms with Crippen LogP contribution >= 0.6 is 0 Å². The van der Waals surface area contributed by atoms with Gasteiger partial charge in [0.1, 0.15) is 17.7 Å². The van der Waals surface area contributed by atoms with Crippen molar-refractivity contribution in [3.05, 3.63) is 99.1 Å². The van der Waals surface area contributed by atoms with Crippen LogP contribution < -0.4 is 5.32 Å². The highest BCUT2D eigenvalue weighted by molar-refractivity contribution is 6.21. The molecule has 2 atom stereocenters. The molecular formula is C53H94N2O2. The molecule has 0 radical (unpaired) electrons. The SMILES string of the molecule is CC.CC.CC.CC.CC.C\C=C(/C=C\C(NC1=NC=C(/C=C(\C(C)=O)c2c(C)cccc2CCC)C(CCC)=C(C)C1)=C(\C)CC)OC(CCC)[C@H](C)CCC. The van der Waals surface area contributed by atoms with Gasteiger partial charge in [-0.2, -0.15) is 0 Å². The number of aryl methyl sites for hydroxylation is 2. The highest BCUT2D eigenvalue weighted by Crippen LogP contribution is 2.32. The molecule has 0 amide bonds. The van der Waals surface area contributed by atoms with Crippen LogP contribution in [-0.2, 0) is 16.0 Å². The van der Waals surface area contributed by atoms with Crippen LogP contribution in [0.15, 0.2) is 87.4 Å². The van der Waals surface area contributed by atoms with Crippen molar-refractivity contribution in [1.29, 1.82) is 0 Å². The fourth-order valence-corrected chi connectivity index (χ4v) is 6.35. The zero-order valence-electron chi connectivity index (χ0n) is 41.6. The number of rotatable bonds is 18. The zero-order valence-corrected chi connectivity index (χ0v) is 41.6. The number of hydrogen-bond acceptors (Lipinski definition) is 4. The lowest BCUT2D eigenvalue weighted by molar-refractivity contribution is -0.111. The number of carbonyl (C=O) groups is 1. The lowest BCUT2D eigenvalue weighted by Gasteiger charge is -2.25. The maximum absolute atomic E-state index is 13.2. The molecule has 57 heavy (non-hydrogen) atoms. The van der Waals surface area contributed by atoms with E-state index in [1.54, 1.807) is 6.92 Å². The number of allylic oxidation sites excluding steroid dienone is 8. The molecule has 0 spiro atoms. The van der Waals surface area contributed by atoms with E-state index < -0.39 is 0 Å². The number of hydrogen-bond donors (Lipinski definition) is 1. The minimum atomic E-state index is 0.0822. The third-order valence-corrected chi connectivity index (χ3v) is 9.19. The number of carbonyl (C=O) groups excluding carboxylic acids is 1. The van der Waals surface area contributed by atoms with Crippen LogP contribution in [0, 0.1) is 12.8 Å². The third-order valence-electron chi connectivity index (χ3n) is 9.19. The molecule has 0 fully saturated rings. The van der Waals surface area contributed by atoms with Crippen LogP contribution in [-0.4, -0.2) is 17.7 Å². The Labute approximate surface area is 356 Å². The van der Waals surface area contributed by atoms with Gasteiger partial charge in [-0.15, -0.1) is 0 Å². The second-order valence-electron chi connectivity index (χ2n) is 13.2. The molecule has 0 saturated heterocycles. The Morgan fingerprint density at radius 3 is 1.89 bits per heavy atom. The molecular weight excluding hydrogens is 697 g/mol. The van der Waals surface area contributed by atoms with Gasteiger partial charge in [-0.25, -0.2) is 4.99 Å². The van der Waals surface area contributed by atoms with Crippen molar-refractivity contribution in [3.63, 3.8) is 0 Å². The molecule has 1 aliphatic rings. The molecule has 0 aliphatic carbocycles. The van der Waals surface area contributed by atoms with E-state index in [1.807, 2.05) is 82.4 Å². The number of aliphatic imine (C=N–C) groups is 1. The van der Waals surface area contributed by atoms with Gasteiger partial charge in [-0.05, 0) is 125 Å². The molecule has 0 bridgehead atoms. The summed E-state index contributed by atoms with van der Waals surface area (Å²) in [4.78, 5) is 18.2. The van der Waals surface area contributed by atoms with Gasteiger partial charge in [-0.3, -0.25) is 4.79 Å². The van der Waals surface area contributed by atoms with Crippen LogP contribution in [0.5, 0.6) is 0 Å². The molecule has 1 N–H and O–H groups in total. The van der Waals surface area contributed by atoms with Gasteiger partial charge < -0.3 is 10.1 Å².